The topological polar surface area (TPSA) is 114 Å². The quantitative estimate of drug-likeness (QED) is 0.331. The molecule has 1 unspecified atom stereocenters. The van der Waals surface area contributed by atoms with Crippen LogP contribution in [-0.2, 0) is 30.9 Å². The summed E-state index contributed by atoms with van der Waals surface area (Å²) in [4.78, 5) is 39.0. The third-order valence-electron chi connectivity index (χ3n) is 5.42. The zero-order valence-corrected chi connectivity index (χ0v) is 20.2. The van der Waals surface area contributed by atoms with E-state index in [1.54, 1.807) is 19.1 Å². The maximum atomic E-state index is 13.5. The summed E-state index contributed by atoms with van der Waals surface area (Å²) in [6.07, 6.45) is 1.04. The van der Waals surface area contributed by atoms with Gasteiger partial charge < -0.3 is 9.15 Å². The highest BCUT2D eigenvalue weighted by Gasteiger charge is 2.47. The van der Waals surface area contributed by atoms with Gasteiger partial charge in [-0.2, -0.15) is 4.31 Å². The summed E-state index contributed by atoms with van der Waals surface area (Å²) >= 11 is 5.90. The molecular weight excluding hydrogens is 496 g/mol. The van der Waals surface area contributed by atoms with Gasteiger partial charge in [-0.1, -0.05) is 11.6 Å². The van der Waals surface area contributed by atoms with Gasteiger partial charge in [0.1, 0.15) is 11.8 Å². The Morgan fingerprint density at radius 1 is 1.11 bits per heavy atom. The van der Waals surface area contributed by atoms with Crippen LogP contribution >= 0.6 is 11.6 Å². The number of hydrogen-bond acceptors (Lipinski definition) is 7. The fraction of sp³-hybridized carbons (Fsp3) is 0.208. The van der Waals surface area contributed by atoms with Crippen molar-refractivity contribution in [2.24, 2.45) is 0 Å². The Morgan fingerprint density at radius 3 is 2.40 bits per heavy atom. The minimum Gasteiger partial charge on any atom is -0.468 e. The van der Waals surface area contributed by atoms with Gasteiger partial charge in [0.2, 0.25) is 15.9 Å². The number of carbonyl (C=O) groups excluding carboxylic acids is 3. The van der Waals surface area contributed by atoms with Crippen molar-refractivity contribution in [3.63, 3.8) is 0 Å². The minimum absolute atomic E-state index is 0.0778. The number of sulfonamides is 1. The van der Waals surface area contributed by atoms with Crippen LogP contribution in [0.4, 0.5) is 5.69 Å². The molecule has 0 bridgehead atoms. The summed E-state index contributed by atoms with van der Waals surface area (Å²) in [5.74, 6) is -1.50. The van der Waals surface area contributed by atoms with Crippen LogP contribution in [0.5, 0.6) is 0 Å². The number of anilines is 1. The summed E-state index contributed by atoms with van der Waals surface area (Å²) in [6.45, 7) is 1.64. The summed E-state index contributed by atoms with van der Waals surface area (Å²) in [5, 5.41) is 0.353. The molecule has 2 aromatic carbocycles. The summed E-state index contributed by atoms with van der Waals surface area (Å²) in [7, 11) is -4.21. The predicted molar refractivity (Wildman–Crippen MR) is 126 cm³/mol. The SMILES string of the molecule is CCOC(=O)c1ccc(N2C(=O)CC(N(Cc3ccco3)S(=O)(=O)c3ccc(Cl)cc3)C2=O)cc1. The highest BCUT2D eigenvalue weighted by atomic mass is 35.5. The smallest absolute Gasteiger partial charge is 0.338 e. The first kappa shape index (κ1) is 24.6. The second-order valence-corrected chi connectivity index (χ2v) is 9.97. The van der Waals surface area contributed by atoms with Gasteiger partial charge in [0.25, 0.3) is 5.91 Å². The number of amides is 2. The lowest BCUT2D eigenvalue weighted by atomic mass is 10.2. The van der Waals surface area contributed by atoms with Crippen LogP contribution in [0.3, 0.4) is 0 Å². The third kappa shape index (κ3) is 5.00. The molecule has 0 N–H and O–H groups in total. The second-order valence-electron chi connectivity index (χ2n) is 7.64. The fourth-order valence-electron chi connectivity index (χ4n) is 3.73. The molecule has 2 heterocycles. The number of hydrogen-bond donors (Lipinski definition) is 0. The van der Waals surface area contributed by atoms with E-state index in [1.807, 2.05) is 0 Å². The van der Waals surface area contributed by atoms with Gasteiger partial charge in [0, 0.05) is 5.02 Å². The van der Waals surface area contributed by atoms with Crippen LogP contribution in [0, 0.1) is 0 Å². The molecule has 1 fully saturated rings. The Morgan fingerprint density at radius 2 is 1.80 bits per heavy atom. The van der Waals surface area contributed by atoms with Gasteiger partial charge in [-0.25, -0.2) is 18.1 Å². The lowest BCUT2D eigenvalue weighted by Gasteiger charge is -2.26. The normalized spacial score (nSPS) is 16.2. The molecule has 182 valence electrons. The van der Waals surface area contributed by atoms with E-state index in [2.05, 4.69) is 0 Å². The van der Waals surface area contributed by atoms with Gasteiger partial charge in [-0.05, 0) is 67.6 Å². The Bertz CT molecular complexity index is 1340. The minimum atomic E-state index is -4.21. The molecule has 0 spiro atoms. The highest BCUT2D eigenvalue weighted by Crippen LogP contribution is 2.31. The van der Waals surface area contributed by atoms with Crippen molar-refractivity contribution in [3.8, 4) is 0 Å². The molecule has 0 aliphatic carbocycles. The van der Waals surface area contributed by atoms with E-state index in [-0.39, 0.29) is 35.7 Å². The molecule has 35 heavy (non-hydrogen) atoms. The van der Waals surface area contributed by atoms with Crippen LogP contribution in [0.2, 0.25) is 5.02 Å². The first-order chi connectivity index (χ1) is 16.7. The molecule has 1 saturated heterocycles. The van der Waals surface area contributed by atoms with Crippen molar-refractivity contribution in [1.29, 1.82) is 0 Å². The zero-order chi connectivity index (χ0) is 25.2. The number of ether oxygens (including phenoxy) is 1. The fourth-order valence-corrected chi connectivity index (χ4v) is 5.41. The monoisotopic (exact) mass is 516 g/mol. The van der Waals surface area contributed by atoms with E-state index in [0.717, 1.165) is 9.21 Å². The average Bonchev–Trinajstić information content (AvgIpc) is 3.45. The molecule has 1 aliphatic heterocycles. The van der Waals surface area contributed by atoms with Gasteiger partial charge in [-0.3, -0.25) is 9.59 Å². The maximum Gasteiger partial charge on any atom is 0.338 e. The van der Waals surface area contributed by atoms with Crippen LogP contribution in [-0.4, -0.2) is 43.2 Å². The molecule has 9 nitrogen and oxygen atoms in total. The van der Waals surface area contributed by atoms with Crippen molar-refractivity contribution in [2.45, 2.75) is 30.8 Å². The van der Waals surface area contributed by atoms with E-state index in [9.17, 15) is 22.8 Å². The van der Waals surface area contributed by atoms with E-state index in [0.29, 0.717) is 10.8 Å². The molecule has 0 radical (unpaired) electrons. The maximum absolute atomic E-state index is 13.5. The molecular formula is C24H21ClN2O7S. The second kappa shape index (κ2) is 10.0. The number of halogens is 1. The van der Waals surface area contributed by atoms with Crippen LogP contribution < -0.4 is 4.90 Å². The van der Waals surface area contributed by atoms with Gasteiger partial charge in [-0.15, -0.1) is 0 Å². The van der Waals surface area contributed by atoms with Gasteiger partial charge >= 0.3 is 5.97 Å². The summed E-state index contributed by atoms with van der Waals surface area (Å²) < 4.78 is 38.3. The molecule has 1 aliphatic rings. The van der Waals surface area contributed by atoms with Gasteiger partial charge in [0.05, 0.1) is 42.0 Å². The van der Waals surface area contributed by atoms with E-state index < -0.39 is 33.8 Å². The molecule has 4 rings (SSSR count). The zero-order valence-electron chi connectivity index (χ0n) is 18.6. The highest BCUT2D eigenvalue weighted by molar-refractivity contribution is 7.89. The number of nitrogens with zero attached hydrogens (tertiary/aromatic N) is 2. The van der Waals surface area contributed by atoms with Crippen molar-refractivity contribution >= 4 is 45.1 Å². The van der Waals surface area contributed by atoms with Crippen molar-refractivity contribution in [1.82, 2.24) is 4.31 Å². The van der Waals surface area contributed by atoms with Crippen molar-refractivity contribution in [3.05, 3.63) is 83.3 Å². The number of esters is 1. The Balaban J connectivity index is 1.67. The number of benzene rings is 2. The molecule has 3 aromatic rings. The molecule has 11 heteroatoms. The Kier molecular flexibility index (Phi) is 7.06. The third-order valence-corrected chi connectivity index (χ3v) is 7.54. The summed E-state index contributed by atoms with van der Waals surface area (Å²) in [5.41, 5.74) is 0.480. The standard InChI is InChI=1S/C24H21ClN2O7S/c1-2-33-24(30)16-5-9-18(10-6-16)27-22(28)14-21(23(27)29)26(15-19-4-3-13-34-19)35(31,32)20-11-7-17(25)8-12-20/h3-13,21H,2,14-15H2,1H3. The lowest BCUT2D eigenvalue weighted by molar-refractivity contribution is -0.122. The lowest BCUT2D eigenvalue weighted by Crippen LogP contribution is -2.45. The van der Waals surface area contributed by atoms with E-state index in [1.165, 1.54) is 54.8 Å². The number of furan rings is 1. The van der Waals surface area contributed by atoms with Crippen LogP contribution in [0.1, 0.15) is 29.5 Å². The number of carbonyl (C=O) groups is 3. The molecule has 1 atom stereocenters. The molecule has 2 amide bonds. The first-order valence-corrected chi connectivity index (χ1v) is 12.5. The van der Waals surface area contributed by atoms with E-state index in [4.69, 9.17) is 20.8 Å². The summed E-state index contributed by atoms with van der Waals surface area (Å²) in [6, 6.07) is 13.2. The Labute approximate surface area is 206 Å². The molecule has 0 saturated carbocycles. The average molecular weight is 517 g/mol. The van der Waals surface area contributed by atoms with E-state index >= 15 is 0 Å². The number of imide groups is 1. The Hall–Kier alpha value is -3.47. The predicted octanol–water partition coefficient (Wildman–Crippen LogP) is 3.63. The van der Waals surface area contributed by atoms with Crippen molar-refractivity contribution < 1.29 is 32.0 Å². The van der Waals surface area contributed by atoms with Crippen LogP contribution in [0.25, 0.3) is 0 Å². The number of rotatable bonds is 8. The molecule has 1 aromatic heterocycles. The first-order valence-electron chi connectivity index (χ1n) is 10.7. The van der Waals surface area contributed by atoms with Crippen LogP contribution in [0.15, 0.2) is 76.2 Å². The van der Waals surface area contributed by atoms with Crippen molar-refractivity contribution in [2.75, 3.05) is 11.5 Å². The largest absolute Gasteiger partial charge is 0.468 e. The van der Waals surface area contributed by atoms with Gasteiger partial charge in [0.15, 0.2) is 0 Å².